The monoisotopic (exact) mass is 354 g/mol. The van der Waals surface area contributed by atoms with Crippen molar-refractivity contribution in [3.05, 3.63) is 59.4 Å². The molecule has 5 nitrogen and oxygen atoms in total. The Hall–Kier alpha value is -2.40. The molecule has 1 unspecified atom stereocenters. The second-order valence-corrected chi connectivity index (χ2v) is 6.77. The molecule has 1 aliphatic heterocycles. The smallest absolute Gasteiger partial charge is 0.306 e. The molecule has 1 N–H and O–H groups in total. The minimum absolute atomic E-state index is 0.0292. The summed E-state index contributed by atoms with van der Waals surface area (Å²) in [6.45, 7) is 3.63. The van der Waals surface area contributed by atoms with Crippen LogP contribution in [0, 0.1) is 5.92 Å². The molecule has 1 atom stereocenters. The van der Waals surface area contributed by atoms with E-state index in [0.29, 0.717) is 12.8 Å². The number of benzene rings is 1. The summed E-state index contributed by atoms with van der Waals surface area (Å²) in [5, 5.41) is 9.27. The number of rotatable bonds is 6. The van der Waals surface area contributed by atoms with Crippen LogP contribution in [0.5, 0.6) is 5.75 Å². The molecule has 26 heavy (non-hydrogen) atoms. The molecule has 5 heteroatoms. The van der Waals surface area contributed by atoms with Gasteiger partial charge in [-0.2, -0.15) is 0 Å². The number of carbonyl (C=O) groups is 1. The number of nitrogens with zero attached hydrogens (tertiary/aromatic N) is 2. The van der Waals surface area contributed by atoms with Crippen LogP contribution in [0.25, 0.3) is 0 Å². The summed E-state index contributed by atoms with van der Waals surface area (Å²) in [6.07, 6.45) is 4.25. The predicted molar refractivity (Wildman–Crippen MR) is 100 cm³/mol. The van der Waals surface area contributed by atoms with E-state index in [0.717, 1.165) is 36.5 Å². The van der Waals surface area contributed by atoms with E-state index in [4.69, 9.17) is 9.72 Å². The van der Waals surface area contributed by atoms with Gasteiger partial charge in [0.15, 0.2) is 0 Å². The van der Waals surface area contributed by atoms with Gasteiger partial charge in [0.2, 0.25) is 0 Å². The third kappa shape index (κ3) is 4.05. The number of carboxylic acid groups (broad SMARTS) is 1. The van der Waals surface area contributed by atoms with Crippen molar-refractivity contribution in [2.24, 2.45) is 5.92 Å². The summed E-state index contributed by atoms with van der Waals surface area (Å²) in [5.41, 5.74) is 3.37. The highest BCUT2D eigenvalue weighted by Gasteiger charge is 2.30. The molecule has 2 heterocycles. The standard InChI is InChI=1S/C21H26N2O3/c1-3-15-4-9-19(22-14-15)20(16-5-7-18(26-2)8-6-16)23-12-10-17(11-13-23)21(24)25/h4-9,14,17,20H,3,10-13H2,1-2H3,(H,24,25). The lowest BCUT2D eigenvalue weighted by molar-refractivity contribution is -0.143. The molecule has 1 aliphatic rings. The van der Waals surface area contributed by atoms with Crippen molar-refractivity contribution in [1.29, 1.82) is 0 Å². The molecule has 1 aromatic carbocycles. The lowest BCUT2D eigenvalue weighted by Crippen LogP contribution is -2.39. The van der Waals surface area contributed by atoms with Gasteiger partial charge in [0, 0.05) is 6.20 Å². The number of ether oxygens (including phenoxy) is 1. The number of aliphatic carboxylic acids is 1. The minimum Gasteiger partial charge on any atom is -0.497 e. The molecule has 1 saturated heterocycles. The van der Waals surface area contributed by atoms with Crippen molar-refractivity contribution in [2.45, 2.75) is 32.2 Å². The molecule has 0 saturated carbocycles. The average molecular weight is 354 g/mol. The Kier molecular flexibility index (Phi) is 5.89. The van der Waals surface area contributed by atoms with E-state index in [1.807, 2.05) is 18.3 Å². The first-order chi connectivity index (χ1) is 12.6. The molecule has 1 fully saturated rings. The summed E-state index contributed by atoms with van der Waals surface area (Å²) >= 11 is 0. The summed E-state index contributed by atoms with van der Waals surface area (Å²) < 4.78 is 5.28. The average Bonchev–Trinajstić information content (AvgIpc) is 2.69. The lowest BCUT2D eigenvalue weighted by atomic mass is 9.93. The van der Waals surface area contributed by atoms with Gasteiger partial charge in [-0.15, -0.1) is 0 Å². The van der Waals surface area contributed by atoms with E-state index in [1.54, 1.807) is 7.11 Å². The zero-order valence-electron chi connectivity index (χ0n) is 15.4. The normalized spacial score (nSPS) is 17.0. The van der Waals surface area contributed by atoms with Gasteiger partial charge in [0.1, 0.15) is 5.75 Å². The second-order valence-electron chi connectivity index (χ2n) is 6.77. The van der Waals surface area contributed by atoms with Crippen molar-refractivity contribution in [3.63, 3.8) is 0 Å². The third-order valence-corrected chi connectivity index (χ3v) is 5.21. The Bertz CT molecular complexity index is 672. The largest absolute Gasteiger partial charge is 0.497 e. The van der Waals surface area contributed by atoms with Gasteiger partial charge < -0.3 is 9.84 Å². The number of aryl methyl sites for hydroxylation is 1. The fourth-order valence-corrected chi connectivity index (χ4v) is 3.57. The summed E-state index contributed by atoms with van der Waals surface area (Å²) in [4.78, 5) is 18.3. The maximum absolute atomic E-state index is 11.3. The topological polar surface area (TPSA) is 62.7 Å². The van der Waals surface area contributed by atoms with Crippen LogP contribution in [-0.2, 0) is 11.2 Å². The minimum atomic E-state index is -0.684. The van der Waals surface area contributed by atoms with Crippen LogP contribution in [-0.4, -0.2) is 41.2 Å². The van der Waals surface area contributed by atoms with Crippen LogP contribution in [0.4, 0.5) is 0 Å². The number of hydrogen-bond donors (Lipinski definition) is 1. The van der Waals surface area contributed by atoms with Crippen LogP contribution in [0.15, 0.2) is 42.6 Å². The van der Waals surface area contributed by atoms with E-state index >= 15 is 0 Å². The maximum atomic E-state index is 11.3. The van der Waals surface area contributed by atoms with Crippen molar-refractivity contribution in [2.75, 3.05) is 20.2 Å². The van der Waals surface area contributed by atoms with E-state index in [9.17, 15) is 9.90 Å². The molecule has 2 aromatic rings. The van der Waals surface area contributed by atoms with Gasteiger partial charge in [0.25, 0.3) is 0 Å². The van der Waals surface area contributed by atoms with Gasteiger partial charge in [-0.05, 0) is 61.7 Å². The van der Waals surface area contributed by atoms with Gasteiger partial charge in [-0.25, -0.2) is 0 Å². The first-order valence-electron chi connectivity index (χ1n) is 9.18. The Balaban J connectivity index is 1.89. The molecule has 0 amide bonds. The van der Waals surface area contributed by atoms with Crippen LogP contribution in [0.3, 0.4) is 0 Å². The zero-order valence-corrected chi connectivity index (χ0v) is 15.4. The van der Waals surface area contributed by atoms with Gasteiger partial charge in [0.05, 0.1) is 24.8 Å². The van der Waals surface area contributed by atoms with Gasteiger partial charge in [-0.1, -0.05) is 25.1 Å². The number of piperidine rings is 1. The van der Waals surface area contributed by atoms with E-state index in [1.165, 1.54) is 5.56 Å². The quantitative estimate of drug-likeness (QED) is 0.860. The van der Waals surface area contributed by atoms with Gasteiger partial charge in [-0.3, -0.25) is 14.7 Å². The van der Waals surface area contributed by atoms with Crippen LogP contribution in [0.1, 0.15) is 42.6 Å². The summed E-state index contributed by atoms with van der Waals surface area (Å²) in [5.74, 6) is -0.0966. The molecule has 0 aliphatic carbocycles. The molecular weight excluding hydrogens is 328 g/mol. The Labute approximate surface area is 154 Å². The Morgan fingerprint density at radius 1 is 1.23 bits per heavy atom. The van der Waals surface area contributed by atoms with E-state index < -0.39 is 5.97 Å². The number of methoxy groups -OCH3 is 1. The van der Waals surface area contributed by atoms with Crippen molar-refractivity contribution in [3.8, 4) is 5.75 Å². The van der Waals surface area contributed by atoms with Crippen LogP contribution >= 0.6 is 0 Å². The van der Waals surface area contributed by atoms with Crippen molar-refractivity contribution in [1.82, 2.24) is 9.88 Å². The number of pyridine rings is 1. The van der Waals surface area contributed by atoms with Crippen molar-refractivity contribution >= 4 is 5.97 Å². The van der Waals surface area contributed by atoms with E-state index in [2.05, 4.69) is 36.1 Å². The molecule has 138 valence electrons. The Morgan fingerprint density at radius 2 is 1.92 bits per heavy atom. The first kappa shape index (κ1) is 18.4. The summed E-state index contributed by atoms with van der Waals surface area (Å²) in [6, 6.07) is 12.3. The first-order valence-corrected chi connectivity index (χ1v) is 9.18. The highest BCUT2D eigenvalue weighted by atomic mass is 16.5. The highest BCUT2D eigenvalue weighted by molar-refractivity contribution is 5.70. The fraction of sp³-hybridized carbons (Fsp3) is 0.429. The number of aromatic nitrogens is 1. The second kappa shape index (κ2) is 8.32. The SMILES string of the molecule is CCc1ccc(C(c2ccc(OC)cc2)N2CCC(C(=O)O)CC2)nc1. The molecule has 1 aromatic heterocycles. The molecular formula is C21H26N2O3. The highest BCUT2D eigenvalue weighted by Crippen LogP contribution is 2.32. The van der Waals surface area contributed by atoms with E-state index in [-0.39, 0.29) is 12.0 Å². The van der Waals surface area contributed by atoms with Crippen LogP contribution < -0.4 is 4.74 Å². The van der Waals surface area contributed by atoms with Gasteiger partial charge >= 0.3 is 5.97 Å². The predicted octanol–water partition coefficient (Wildman–Crippen LogP) is 3.54. The number of hydrogen-bond acceptors (Lipinski definition) is 4. The van der Waals surface area contributed by atoms with Crippen molar-refractivity contribution < 1.29 is 14.6 Å². The maximum Gasteiger partial charge on any atom is 0.306 e. The third-order valence-electron chi connectivity index (χ3n) is 5.21. The number of likely N-dealkylation sites (tertiary alicyclic amines) is 1. The molecule has 3 rings (SSSR count). The summed E-state index contributed by atoms with van der Waals surface area (Å²) in [7, 11) is 1.66. The molecule has 0 spiro atoms. The zero-order chi connectivity index (χ0) is 18.5. The molecule has 0 radical (unpaired) electrons. The Morgan fingerprint density at radius 3 is 2.42 bits per heavy atom. The lowest BCUT2D eigenvalue weighted by Gasteiger charge is -2.36. The molecule has 0 bridgehead atoms. The van der Waals surface area contributed by atoms with Crippen LogP contribution in [0.2, 0.25) is 0 Å². The number of carboxylic acids is 1. The fourth-order valence-electron chi connectivity index (χ4n) is 3.57.